The molecule has 1 heterocycles. The van der Waals surface area contributed by atoms with E-state index in [0.717, 1.165) is 19.6 Å². The maximum absolute atomic E-state index is 3.55. The lowest BCUT2D eigenvalue weighted by molar-refractivity contribution is 0.447. The average molecular weight is 233 g/mol. The standard InChI is InChI=1S/C14H23N3/c1-4-12-11-17(9-8-15-12)14-7-5-6-13(10-14)16(2)3/h5-7,10,12,15H,4,8-9,11H2,1-3H3. The summed E-state index contributed by atoms with van der Waals surface area (Å²) >= 11 is 0. The summed E-state index contributed by atoms with van der Waals surface area (Å²) in [6, 6.07) is 9.42. The van der Waals surface area contributed by atoms with E-state index >= 15 is 0 Å². The van der Waals surface area contributed by atoms with Crippen LogP contribution in [0, 0.1) is 0 Å². The van der Waals surface area contributed by atoms with E-state index in [9.17, 15) is 0 Å². The smallest absolute Gasteiger partial charge is 0.0387 e. The van der Waals surface area contributed by atoms with Crippen LogP contribution in [-0.4, -0.2) is 39.8 Å². The Bertz CT molecular complexity index is 362. The predicted molar refractivity (Wildman–Crippen MR) is 75.1 cm³/mol. The lowest BCUT2D eigenvalue weighted by atomic mass is 10.1. The molecule has 2 rings (SSSR count). The summed E-state index contributed by atoms with van der Waals surface area (Å²) in [5.41, 5.74) is 2.62. The zero-order valence-corrected chi connectivity index (χ0v) is 11.1. The van der Waals surface area contributed by atoms with Crippen LogP contribution in [0.5, 0.6) is 0 Å². The van der Waals surface area contributed by atoms with Gasteiger partial charge in [-0.2, -0.15) is 0 Å². The Hall–Kier alpha value is -1.22. The third-order valence-electron chi connectivity index (χ3n) is 3.46. The number of anilines is 2. The first-order chi connectivity index (χ1) is 8.20. The Morgan fingerprint density at radius 3 is 2.94 bits per heavy atom. The van der Waals surface area contributed by atoms with Crippen molar-refractivity contribution in [3.05, 3.63) is 24.3 Å². The van der Waals surface area contributed by atoms with E-state index in [4.69, 9.17) is 0 Å². The zero-order valence-electron chi connectivity index (χ0n) is 11.1. The quantitative estimate of drug-likeness (QED) is 0.861. The highest BCUT2D eigenvalue weighted by Crippen LogP contribution is 2.22. The number of rotatable bonds is 3. The summed E-state index contributed by atoms with van der Waals surface area (Å²) in [6.07, 6.45) is 1.20. The number of hydrogen-bond acceptors (Lipinski definition) is 3. The van der Waals surface area contributed by atoms with E-state index in [0.29, 0.717) is 6.04 Å². The molecular weight excluding hydrogens is 210 g/mol. The minimum absolute atomic E-state index is 0.631. The van der Waals surface area contributed by atoms with Crippen LogP contribution >= 0.6 is 0 Å². The average Bonchev–Trinajstić information content (AvgIpc) is 2.39. The van der Waals surface area contributed by atoms with Crippen LogP contribution in [0.2, 0.25) is 0 Å². The fourth-order valence-corrected chi connectivity index (χ4v) is 2.30. The molecule has 1 aromatic carbocycles. The first-order valence-corrected chi connectivity index (χ1v) is 6.46. The van der Waals surface area contributed by atoms with Gasteiger partial charge in [-0.05, 0) is 24.6 Å². The van der Waals surface area contributed by atoms with Crippen molar-refractivity contribution < 1.29 is 0 Å². The highest BCUT2D eigenvalue weighted by Gasteiger charge is 2.18. The Balaban J connectivity index is 2.13. The Kier molecular flexibility index (Phi) is 3.89. The van der Waals surface area contributed by atoms with Crippen LogP contribution in [0.4, 0.5) is 11.4 Å². The number of benzene rings is 1. The second-order valence-corrected chi connectivity index (χ2v) is 4.92. The Morgan fingerprint density at radius 2 is 2.24 bits per heavy atom. The molecule has 1 unspecified atom stereocenters. The van der Waals surface area contributed by atoms with Crippen molar-refractivity contribution in [2.24, 2.45) is 0 Å². The van der Waals surface area contributed by atoms with Crippen molar-refractivity contribution in [1.29, 1.82) is 0 Å². The Morgan fingerprint density at radius 1 is 1.41 bits per heavy atom. The highest BCUT2D eigenvalue weighted by molar-refractivity contribution is 5.59. The van der Waals surface area contributed by atoms with E-state index in [2.05, 4.69) is 60.4 Å². The van der Waals surface area contributed by atoms with E-state index in [1.54, 1.807) is 0 Å². The summed E-state index contributed by atoms with van der Waals surface area (Å²) in [5, 5.41) is 3.55. The molecule has 0 radical (unpaired) electrons. The largest absolute Gasteiger partial charge is 0.378 e. The molecule has 94 valence electrons. The van der Waals surface area contributed by atoms with Crippen molar-refractivity contribution >= 4 is 11.4 Å². The SMILES string of the molecule is CCC1CN(c2cccc(N(C)C)c2)CCN1. The number of piperazine rings is 1. The van der Waals surface area contributed by atoms with Gasteiger partial charge in [0.15, 0.2) is 0 Å². The molecule has 0 aliphatic carbocycles. The molecule has 1 fully saturated rings. The molecule has 0 aromatic heterocycles. The van der Waals surface area contributed by atoms with Gasteiger partial charge in [0.05, 0.1) is 0 Å². The molecule has 1 N–H and O–H groups in total. The van der Waals surface area contributed by atoms with Crippen LogP contribution < -0.4 is 15.1 Å². The van der Waals surface area contributed by atoms with Gasteiger partial charge in [-0.3, -0.25) is 0 Å². The van der Waals surface area contributed by atoms with Crippen LogP contribution in [0.3, 0.4) is 0 Å². The molecule has 1 aromatic rings. The molecule has 3 nitrogen and oxygen atoms in total. The molecule has 0 bridgehead atoms. The van der Waals surface area contributed by atoms with Crippen molar-refractivity contribution in [2.45, 2.75) is 19.4 Å². The molecule has 0 amide bonds. The molecule has 1 aliphatic rings. The summed E-state index contributed by atoms with van der Waals surface area (Å²) in [6.45, 7) is 5.56. The molecule has 1 saturated heterocycles. The highest BCUT2D eigenvalue weighted by atomic mass is 15.2. The van der Waals surface area contributed by atoms with Crippen LogP contribution in [0.15, 0.2) is 24.3 Å². The number of nitrogens with one attached hydrogen (secondary N) is 1. The lowest BCUT2D eigenvalue weighted by Crippen LogP contribution is -2.50. The van der Waals surface area contributed by atoms with Crippen LogP contribution in [0.25, 0.3) is 0 Å². The molecule has 0 saturated carbocycles. The fourth-order valence-electron chi connectivity index (χ4n) is 2.30. The van der Waals surface area contributed by atoms with Gasteiger partial charge in [-0.15, -0.1) is 0 Å². The van der Waals surface area contributed by atoms with E-state index < -0.39 is 0 Å². The summed E-state index contributed by atoms with van der Waals surface area (Å²) < 4.78 is 0. The van der Waals surface area contributed by atoms with Gasteiger partial charge in [0.2, 0.25) is 0 Å². The topological polar surface area (TPSA) is 18.5 Å². The Labute approximate surface area is 104 Å². The maximum Gasteiger partial charge on any atom is 0.0387 e. The number of nitrogens with zero attached hydrogens (tertiary/aromatic N) is 2. The molecule has 0 spiro atoms. The van der Waals surface area contributed by atoms with Gasteiger partial charge >= 0.3 is 0 Å². The van der Waals surface area contributed by atoms with Gasteiger partial charge in [-0.25, -0.2) is 0 Å². The second kappa shape index (κ2) is 5.41. The summed E-state index contributed by atoms with van der Waals surface area (Å²) in [7, 11) is 4.18. The van der Waals surface area contributed by atoms with Crippen molar-refractivity contribution in [3.63, 3.8) is 0 Å². The normalized spacial score (nSPS) is 20.4. The molecular formula is C14H23N3. The van der Waals surface area contributed by atoms with Crippen molar-refractivity contribution in [1.82, 2.24) is 5.32 Å². The van der Waals surface area contributed by atoms with E-state index in [1.165, 1.54) is 17.8 Å². The minimum Gasteiger partial charge on any atom is -0.378 e. The minimum atomic E-state index is 0.631. The van der Waals surface area contributed by atoms with Crippen molar-refractivity contribution in [2.75, 3.05) is 43.5 Å². The maximum atomic E-state index is 3.55. The van der Waals surface area contributed by atoms with Gasteiger partial charge < -0.3 is 15.1 Å². The van der Waals surface area contributed by atoms with Crippen molar-refractivity contribution in [3.8, 4) is 0 Å². The van der Waals surface area contributed by atoms with Gasteiger partial charge in [0, 0.05) is 51.1 Å². The molecule has 1 aliphatic heterocycles. The monoisotopic (exact) mass is 233 g/mol. The summed E-state index contributed by atoms with van der Waals surface area (Å²) in [4.78, 5) is 4.64. The second-order valence-electron chi connectivity index (χ2n) is 4.92. The summed E-state index contributed by atoms with van der Waals surface area (Å²) in [5.74, 6) is 0. The molecule has 1 atom stereocenters. The molecule has 17 heavy (non-hydrogen) atoms. The third kappa shape index (κ3) is 2.91. The van der Waals surface area contributed by atoms with Gasteiger partial charge in [-0.1, -0.05) is 13.0 Å². The predicted octanol–water partition coefficient (Wildman–Crippen LogP) is 1.94. The van der Waals surface area contributed by atoms with Gasteiger partial charge in [0.1, 0.15) is 0 Å². The zero-order chi connectivity index (χ0) is 12.3. The third-order valence-corrected chi connectivity index (χ3v) is 3.46. The lowest BCUT2D eigenvalue weighted by Gasteiger charge is -2.35. The fraction of sp³-hybridized carbons (Fsp3) is 0.571. The number of hydrogen-bond donors (Lipinski definition) is 1. The van der Waals surface area contributed by atoms with E-state index in [1.807, 2.05) is 0 Å². The van der Waals surface area contributed by atoms with Crippen LogP contribution in [-0.2, 0) is 0 Å². The van der Waals surface area contributed by atoms with Crippen LogP contribution in [0.1, 0.15) is 13.3 Å². The molecule has 3 heteroatoms. The van der Waals surface area contributed by atoms with E-state index in [-0.39, 0.29) is 0 Å². The first-order valence-electron chi connectivity index (χ1n) is 6.46. The first kappa shape index (κ1) is 12.2. The van der Waals surface area contributed by atoms with Gasteiger partial charge in [0.25, 0.3) is 0 Å².